The second-order valence-corrected chi connectivity index (χ2v) is 1.50. The molecule has 0 saturated carbocycles. The lowest BCUT2D eigenvalue weighted by atomic mass is 10.7. The van der Waals surface area contributed by atoms with E-state index in [1.54, 1.807) is 5.10 Å². The van der Waals surface area contributed by atoms with Crippen molar-refractivity contribution >= 4 is 11.6 Å². The van der Waals surface area contributed by atoms with Gasteiger partial charge < -0.3 is 20.2 Å². The number of hydrogen-bond acceptors (Lipinski definition) is 6. The fraction of sp³-hybridized carbons (Fsp3) is 0. The molecule has 0 atom stereocenters. The number of nitrogens with one attached hydrogen (secondary N) is 1. The monoisotopic (exact) mass is 159 g/mol. The minimum Gasteiger partial charge on any atom is -0.358 e. The van der Waals surface area contributed by atoms with Crippen LogP contribution in [-0.2, 0) is 0 Å². The Balaban J connectivity index is 3.16. The summed E-state index contributed by atoms with van der Waals surface area (Å²) in [4.78, 5) is 18.0. The summed E-state index contributed by atoms with van der Waals surface area (Å²) < 4.78 is 0. The normalized spacial score (nSPS) is 9.45. The highest BCUT2D eigenvalue weighted by atomic mass is 16.6. The van der Waals surface area contributed by atoms with Gasteiger partial charge in [0.1, 0.15) is 10.3 Å². The molecular weight excluding hydrogens is 158 g/mol. The Bertz CT molecular complexity index is 275. The zero-order chi connectivity index (χ0) is 8.43. The van der Waals surface area contributed by atoms with E-state index in [1.165, 1.54) is 0 Å². The highest BCUT2D eigenvalue weighted by Crippen LogP contribution is 2.18. The van der Waals surface area contributed by atoms with Gasteiger partial charge in [-0.25, -0.2) is 0 Å². The summed E-state index contributed by atoms with van der Waals surface area (Å²) in [7, 11) is 0. The first-order chi connectivity index (χ1) is 5.13. The first kappa shape index (κ1) is 7.05. The molecule has 58 valence electrons. The lowest BCUT2D eigenvalue weighted by Gasteiger charge is -1.87. The third kappa shape index (κ3) is 1.10. The Morgan fingerprint density at radius 3 is 2.27 bits per heavy atom. The summed E-state index contributed by atoms with van der Waals surface area (Å²) >= 11 is 0. The maximum atomic E-state index is 9.98. The van der Waals surface area contributed by atoms with E-state index in [0.717, 1.165) is 0 Å². The molecule has 0 radical (unpaired) electrons. The van der Waals surface area contributed by atoms with E-state index in [0.29, 0.717) is 0 Å². The molecule has 1 heterocycles. The van der Waals surface area contributed by atoms with Crippen molar-refractivity contribution in [1.82, 2.24) is 15.4 Å². The largest absolute Gasteiger partial charge is 0.489 e. The molecule has 0 bridgehead atoms. The molecule has 1 aromatic rings. The quantitative estimate of drug-likeness (QED) is 0.462. The Morgan fingerprint density at radius 2 is 1.91 bits per heavy atom. The summed E-state index contributed by atoms with van der Waals surface area (Å²) in [6.45, 7) is 0. The van der Waals surface area contributed by atoms with Crippen molar-refractivity contribution in [2.24, 2.45) is 0 Å². The van der Waals surface area contributed by atoms with E-state index in [2.05, 4.69) is 10.3 Å². The summed E-state index contributed by atoms with van der Waals surface area (Å²) in [6.07, 6.45) is 0. The molecule has 0 unspecified atom stereocenters. The molecule has 1 rings (SSSR count). The van der Waals surface area contributed by atoms with Crippen molar-refractivity contribution in [2.45, 2.75) is 0 Å². The Hall–Kier alpha value is -2.06. The topological polar surface area (TPSA) is 128 Å². The van der Waals surface area contributed by atoms with Crippen LogP contribution in [0.1, 0.15) is 0 Å². The molecule has 0 spiro atoms. The molecule has 1 aromatic heterocycles. The van der Waals surface area contributed by atoms with E-state index in [-0.39, 0.29) is 0 Å². The predicted molar refractivity (Wildman–Crippen MR) is 29.7 cm³/mol. The molecule has 0 aliphatic rings. The minimum atomic E-state index is -0.984. The molecule has 0 aliphatic heterocycles. The van der Waals surface area contributed by atoms with Crippen molar-refractivity contribution in [3.05, 3.63) is 20.2 Å². The average molecular weight is 159 g/mol. The number of H-pyrrole nitrogens is 1. The average Bonchev–Trinajstić information content (AvgIpc) is 2.32. The summed E-state index contributed by atoms with van der Waals surface area (Å²) in [5, 5.41) is 27.5. The molecule has 0 aromatic carbocycles. The molecule has 0 saturated heterocycles. The van der Waals surface area contributed by atoms with Crippen molar-refractivity contribution < 1.29 is 9.85 Å². The highest BCUT2D eigenvalue weighted by Gasteiger charge is 2.28. The van der Waals surface area contributed by atoms with Gasteiger partial charge in [-0.15, -0.1) is 0 Å². The van der Waals surface area contributed by atoms with Crippen molar-refractivity contribution in [3.63, 3.8) is 0 Å². The van der Waals surface area contributed by atoms with E-state index in [1.807, 2.05) is 0 Å². The molecule has 11 heavy (non-hydrogen) atoms. The van der Waals surface area contributed by atoms with Crippen LogP contribution in [0.25, 0.3) is 0 Å². The number of nitrogens with zero attached hydrogens (tertiary/aromatic N) is 4. The van der Waals surface area contributed by atoms with Gasteiger partial charge in [0.05, 0.1) is 0 Å². The number of nitro groups is 2. The van der Waals surface area contributed by atoms with E-state index < -0.39 is 21.5 Å². The maximum absolute atomic E-state index is 9.98. The summed E-state index contributed by atoms with van der Waals surface area (Å²) in [5.41, 5.74) is 0. The first-order valence-electron chi connectivity index (χ1n) is 2.32. The fourth-order valence-corrected chi connectivity index (χ4v) is 0.463. The van der Waals surface area contributed by atoms with Crippen LogP contribution in [0.3, 0.4) is 0 Å². The highest BCUT2D eigenvalue weighted by molar-refractivity contribution is 5.36. The van der Waals surface area contributed by atoms with E-state index in [4.69, 9.17) is 0 Å². The van der Waals surface area contributed by atoms with Gasteiger partial charge in [0.25, 0.3) is 0 Å². The predicted octanol–water partition coefficient (Wildman–Crippen LogP) is -0.379. The fourth-order valence-electron chi connectivity index (χ4n) is 0.463. The first-order valence-corrected chi connectivity index (χ1v) is 2.32. The number of hydrogen-bond donors (Lipinski definition) is 1. The molecule has 0 aliphatic carbocycles. The van der Waals surface area contributed by atoms with Crippen LogP contribution in [0.5, 0.6) is 0 Å². The van der Waals surface area contributed by atoms with Crippen molar-refractivity contribution in [3.8, 4) is 0 Å². The smallest absolute Gasteiger partial charge is 0.358 e. The van der Waals surface area contributed by atoms with Gasteiger partial charge >= 0.3 is 11.6 Å². The van der Waals surface area contributed by atoms with Crippen molar-refractivity contribution in [2.75, 3.05) is 0 Å². The minimum absolute atomic E-state index is 0.810. The Morgan fingerprint density at radius 1 is 1.27 bits per heavy atom. The van der Waals surface area contributed by atoms with Gasteiger partial charge in [0.15, 0.2) is 0 Å². The van der Waals surface area contributed by atoms with Gasteiger partial charge in [-0.1, -0.05) is 5.10 Å². The third-order valence-electron chi connectivity index (χ3n) is 0.868. The summed E-state index contributed by atoms with van der Waals surface area (Å²) in [5.74, 6) is -1.69. The van der Waals surface area contributed by atoms with Gasteiger partial charge in [-0.2, -0.15) is 0 Å². The van der Waals surface area contributed by atoms with Crippen LogP contribution in [0, 0.1) is 20.2 Å². The van der Waals surface area contributed by atoms with Gasteiger partial charge in [-0.05, 0) is 9.85 Å². The molecule has 0 amide bonds. The van der Waals surface area contributed by atoms with Crippen LogP contribution in [0.2, 0.25) is 0 Å². The lowest BCUT2D eigenvalue weighted by molar-refractivity contribution is -0.427. The number of aromatic amines is 1. The molecule has 0 fully saturated rings. The maximum Gasteiger partial charge on any atom is 0.489 e. The number of aromatic nitrogens is 3. The zero-order valence-electron chi connectivity index (χ0n) is 4.92. The SMILES string of the molecule is O=[N+]([O-])c1nn[nH]c1[N+](=O)[O-]. The molecule has 1 N–H and O–H groups in total. The lowest BCUT2D eigenvalue weighted by Crippen LogP contribution is -1.94. The Labute approximate surface area is 58.3 Å². The van der Waals surface area contributed by atoms with Gasteiger partial charge in [0.2, 0.25) is 0 Å². The summed E-state index contributed by atoms with van der Waals surface area (Å²) in [6, 6.07) is 0. The van der Waals surface area contributed by atoms with E-state index in [9.17, 15) is 20.2 Å². The van der Waals surface area contributed by atoms with Crippen LogP contribution < -0.4 is 0 Å². The number of rotatable bonds is 2. The van der Waals surface area contributed by atoms with E-state index >= 15 is 0 Å². The zero-order valence-corrected chi connectivity index (χ0v) is 4.92. The van der Waals surface area contributed by atoms with Gasteiger partial charge in [-0.3, -0.25) is 0 Å². The van der Waals surface area contributed by atoms with Crippen molar-refractivity contribution in [1.29, 1.82) is 0 Å². The molecule has 9 heteroatoms. The van der Waals surface area contributed by atoms with Gasteiger partial charge in [0, 0.05) is 0 Å². The molecule has 9 nitrogen and oxygen atoms in total. The second kappa shape index (κ2) is 2.28. The molecular formula is C2HN5O4. The van der Waals surface area contributed by atoms with Crippen LogP contribution in [-0.4, -0.2) is 25.3 Å². The standard InChI is InChI=1S/C2HN5O4/c8-6(9)1-2(7(10)11)4-5-3-1/h(H,3,4,5). The third-order valence-corrected chi connectivity index (χ3v) is 0.868. The Kier molecular flexibility index (Phi) is 1.46. The van der Waals surface area contributed by atoms with Crippen LogP contribution >= 0.6 is 0 Å². The second-order valence-electron chi connectivity index (χ2n) is 1.50. The van der Waals surface area contributed by atoms with Crippen LogP contribution in [0.4, 0.5) is 11.6 Å². The van der Waals surface area contributed by atoms with Crippen LogP contribution in [0.15, 0.2) is 0 Å².